The van der Waals surface area contributed by atoms with Crippen molar-refractivity contribution in [2.75, 3.05) is 6.54 Å². The lowest BCUT2D eigenvalue weighted by atomic mass is 9.86. The molecule has 0 bridgehead atoms. The molecule has 0 saturated carbocycles. The minimum absolute atomic E-state index is 0.198. The Bertz CT molecular complexity index is 395. The van der Waals surface area contributed by atoms with E-state index < -0.39 is 17.3 Å². The van der Waals surface area contributed by atoms with E-state index in [0.29, 0.717) is 13.0 Å². The number of carboxylic acids is 1. The van der Waals surface area contributed by atoms with E-state index in [1.54, 1.807) is 19.1 Å². The maximum atomic E-state index is 13.8. The molecule has 0 aromatic heterocycles. The highest BCUT2D eigenvalue weighted by Crippen LogP contribution is 2.27. The van der Waals surface area contributed by atoms with E-state index in [1.165, 1.54) is 12.1 Å². The molecule has 2 N–H and O–H groups in total. The molecule has 1 unspecified atom stereocenters. The molecule has 0 saturated heterocycles. The van der Waals surface area contributed by atoms with Crippen LogP contribution in [0.1, 0.15) is 32.3 Å². The molecule has 0 radical (unpaired) electrons. The highest BCUT2D eigenvalue weighted by Gasteiger charge is 2.39. The van der Waals surface area contributed by atoms with Crippen molar-refractivity contribution in [2.24, 2.45) is 0 Å². The zero-order valence-corrected chi connectivity index (χ0v) is 10.2. The van der Waals surface area contributed by atoms with E-state index in [0.717, 1.165) is 6.42 Å². The first kappa shape index (κ1) is 13.6. The summed E-state index contributed by atoms with van der Waals surface area (Å²) in [4.78, 5) is 11.5. The summed E-state index contributed by atoms with van der Waals surface area (Å²) in [7, 11) is 0. The number of hydrogen-bond acceptors (Lipinski definition) is 2. The SMILES string of the molecule is CCCNC(CC)(C(=O)O)c1ccccc1F. The summed E-state index contributed by atoms with van der Waals surface area (Å²) in [6.07, 6.45) is 1.09. The van der Waals surface area contributed by atoms with Gasteiger partial charge in [0.05, 0.1) is 0 Å². The maximum absolute atomic E-state index is 13.8. The van der Waals surface area contributed by atoms with Crippen molar-refractivity contribution in [2.45, 2.75) is 32.2 Å². The number of halogens is 1. The van der Waals surface area contributed by atoms with Crippen molar-refractivity contribution >= 4 is 5.97 Å². The Morgan fingerprint density at radius 3 is 2.53 bits per heavy atom. The Hall–Kier alpha value is -1.42. The van der Waals surface area contributed by atoms with Crippen molar-refractivity contribution in [3.05, 3.63) is 35.6 Å². The third kappa shape index (κ3) is 2.64. The molecule has 0 spiro atoms. The highest BCUT2D eigenvalue weighted by molar-refractivity contribution is 5.80. The van der Waals surface area contributed by atoms with Crippen LogP contribution >= 0.6 is 0 Å². The quantitative estimate of drug-likeness (QED) is 0.802. The Labute approximate surface area is 101 Å². The number of nitrogens with one attached hydrogen (secondary N) is 1. The first-order valence-corrected chi connectivity index (χ1v) is 5.82. The first-order valence-electron chi connectivity index (χ1n) is 5.82. The number of rotatable bonds is 6. The van der Waals surface area contributed by atoms with Crippen molar-refractivity contribution in [3.8, 4) is 0 Å². The van der Waals surface area contributed by atoms with Gasteiger partial charge in [-0.15, -0.1) is 0 Å². The van der Waals surface area contributed by atoms with Gasteiger partial charge in [0.25, 0.3) is 0 Å². The van der Waals surface area contributed by atoms with E-state index >= 15 is 0 Å². The van der Waals surface area contributed by atoms with E-state index in [4.69, 9.17) is 0 Å². The van der Waals surface area contributed by atoms with Crippen LogP contribution in [-0.2, 0) is 10.3 Å². The van der Waals surface area contributed by atoms with Crippen LogP contribution in [0.15, 0.2) is 24.3 Å². The molecule has 3 nitrogen and oxygen atoms in total. The standard InChI is InChI=1S/C13H18FNO2/c1-3-9-15-13(4-2,12(16)17)10-7-5-6-8-11(10)14/h5-8,15H,3-4,9H2,1-2H3,(H,16,17). The average Bonchev–Trinajstić information content (AvgIpc) is 2.32. The summed E-state index contributed by atoms with van der Waals surface area (Å²) in [5.41, 5.74) is -1.13. The third-order valence-electron chi connectivity index (χ3n) is 2.91. The predicted molar refractivity (Wildman–Crippen MR) is 64.3 cm³/mol. The minimum atomic E-state index is -1.33. The molecule has 4 heteroatoms. The number of benzene rings is 1. The molecule has 1 aromatic rings. The number of carboxylic acid groups (broad SMARTS) is 1. The fourth-order valence-corrected chi connectivity index (χ4v) is 1.90. The van der Waals surface area contributed by atoms with Crippen LogP contribution in [0.2, 0.25) is 0 Å². The van der Waals surface area contributed by atoms with Gasteiger partial charge < -0.3 is 5.11 Å². The Kier molecular flexibility index (Phi) is 4.63. The van der Waals surface area contributed by atoms with Crippen molar-refractivity contribution in [3.63, 3.8) is 0 Å². The van der Waals surface area contributed by atoms with Gasteiger partial charge in [0.2, 0.25) is 0 Å². The fraction of sp³-hybridized carbons (Fsp3) is 0.462. The normalized spacial score (nSPS) is 14.3. The van der Waals surface area contributed by atoms with Gasteiger partial charge in [-0.3, -0.25) is 5.32 Å². The van der Waals surface area contributed by atoms with E-state index in [2.05, 4.69) is 5.32 Å². The largest absolute Gasteiger partial charge is 0.480 e. The summed E-state index contributed by atoms with van der Waals surface area (Å²) in [6.45, 7) is 4.22. The first-order chi connectivity index (χ1) is 8.08. The van der Waals surface area contributed by atoms with Crippen molar-refractivity contribution < 1.29 is 14.3 Å². The lowest BCUT2D eigenvalue weighted by molar-refractivity contribution is -0.145. The molecule has 17 heavy (non-hydrogen) atoms. The summed E-state index contributed by atoms with van der Waals surface area (Å²) < 4.78 is 13.8. The molecule has 0 aliphatic heterocycles. The average molecular weight is 239 g/mol. The smallest absolute Gasteiger partial charge is 0.328 e. The maximum Gasteiger partial charge on any atom is 0.328 e. The van der Waals surface area contributed by atoms with Gasteiger partial charge >= 0.3 is 5.97 Å². The molecule has 1 aromatic carbocycles. The number of aliphatic carboxylic acids is 1. The summed E-state index contributed by atoms with van der Waals surface area (Å²) in [5.74, 6) is -1.53. The topological polar surface area (TPSA) is 49.3 Å². The Balaban J connectivity index is 3.22. The second-order valence-corrected chi connectivity index (χ2v) is 3.97. The second kappa shape index (κ2) is 5.77. The molecular formula is C13H18FNO2. The predicted octanol–water partition coefficient (Wildman–Crippen LogP) is 2.52. The van der Waals surface area contributed by atoms with Gasteiger partial charge in [-0.1, -0.05) is 32.0 Å². The van der Waals surface area contributed by atoms with Crippen LogP contribution in [-0.4, -0.2) is 17.6 Å². The third-order valence-corrected chi connectivity index (χ3v) is 2.91. The molecule has 94 valence electrons. The number of hydrogen-bond donors (Lipinski definition) is 2. The van der Waals surface area contributed by atoms with Crippen LogP contribution in [0.25, 0.3) is 0 Å². The number of carbonyl (C=O) groups is 1. The lowest BCUT2D eigenvalue weighted by Gasteiger charge is -2.30. The van der Waals surface area contributed by atoms with Gasteiger partial charge in [0.15, 0.2) is 0 Å². The van der Waals surface area contributed by atoms with Gasteiger partial charge in [-0.25, -0.2) is 9.18 Å². The van der Waals surface area contributed by atoms with Gasteiger partial charge in [0, 0.05) is 5.56 Å². The van der Waals surface area contributed by atoms with Crippen LogP contribution in [0.5, 0.6) is 0 Å². The van der Waals surface area contributed by atoms with Crippen molar-refractivity contribution in [1.82, 2.24) is 5.32 Å². The van der Waals surface area contributed by atoms with Crippen LogP contribution in [0, 0.1) is 5.82 Å². The highest BCUT2D eigenvalue weighted by atomic mass is 19.1. The minimum Gasteiger partial charge on any atom is -0.480 e. The van der Waals surface area contributed by atoms with E-state index in [-0.39, 0.29) is 5.56 Å². The van der Waals surface area contributed by atoms with Crippen LogP contribution in [0.3, 0.4) is 0 Å². The Morgan fingerprint density at radius 1 is 1.41 bits per heavy atom. The van der Waals surface area contributed by atoms with Gasteiger partial charge in [-0.2, -0.15) is 0 Å². The monoisotopic (exact) mass is 239 g/mol. The molecule has 0 fully saturated rings. The van der Waals surface area contributed by atoms with Gasteiger partial charge in [0.1, 0.15) is 11.4 Å². The van der Waals surface area contributed by atoms with Gasteiger partial charge in [-0.05, 0) is 25.5 Å². The molecule has 0 aliphatic rings. The lowest BCUT2D eigenvalue weighted by Crippen LogP contribution is -2.49. The second-order valence-electron chi connectivity index (χ2n) is 3.97. The van der Waals surface area contributed by atoms with Crippen LogP contribution in [0.4, 0.5) is 4.39 Å². The zero-order chi connectivity index (χ0) is 12.9. The zero-order valence-electron chi connectivity index (χ0n) is 10.2. The van der Waals surface area contributed by atoms with E-state index in [9.17, 15) is 14.3 Å². The molecule has 1 rings (SSSR count). The summed E-state index contributed by atoms with van der Waals surface area (Å²) in [6, 6.07) is 6.02. The summed E-state index contributed by atoms with van der Waals surface area (Å²) >= 11 is 0. The molecule has 0 aliphatic carbocycles. The molecule has 0 amide bonds. The summed E-state index contributed by atoms with van der Waals surface area (Å²) in [5, 5.41) is 12.3. The molecular weight excluding hydrogens is 221 g/mol. The fourth-order valence-electron chi connectivity index (χ4n) is 1.90. The molecule has 0 heterocycles. The van der Waals surface area contributed by atoms with Crippen LogP contribution < -0.4 is 5.32 Å². The van der Waals surface area contributed by atoms with E-state index in [1.807, 2.05) is 6.92 Å². The molecule has 1 atom stereocenters. The van der Waals surface area contributed by atoms with Crippen molar-refractivity contribution in [1.29, 1.82) is 0 Å². The Morgan fingerprint density at radius 2 is 2.06 bits per heavy atom.